The van der Waals surface area contributed by atoms with Crippen molar-refractivity contribution in [1.29, 1.82) is 0 Å². The van der Waals surface area contributed by atoms with Crippen LogP contribution in [0.5, 0.6) is 0 Å². The molecular formula is C26H34N6O2S. The van der Waals surface area contributed by atoms with Crippen molar-refractivity contribution in [3.8, 4) is 0 Å². The van der Waals surface area contributed by atoms with Crippen LogP contribution in [0.2, 0.25) is 0 Å². The van der Waals surface area contributed by atoms with Gasteiger partial charge in [-0.15, -0.1) is 0 Å². The van der Waals surface area contributed by atoms with Crippen LogP contribution in [0.1, 0.15) is 54.6 Å². The fraction of sp³-hybridized carbons (Fsp3) is 0.577. The van der Waals surface area contributed by atoms with Gasteiger partial charge in [0.1, 0.15) is 5.82 Å². The molecule has 1 aromatic carbocycles. The number of aromatic nitrogens is 2. The highest BCUT2D eigenvalue weighted by Gasteiger charge is 2.53. The molecule has 1 amide bonds. The first-order valence-electron chi connectivity index (χ1n) is 12.8. The molecule has 4 aliphatic rings. The number of aliphatic hydroxyl groups is 1. The summed E-state index contributed by atoms with van der Waals surface area (Å²) in [6.07, 6.45) is 7.70. The highest BCUT2D eigenvalue weighted by Crippen LogP contribution is 2.54. The number of hydrogen-bond donors (Lipinski definition) is 3. The van der Waals surface area contributed by atoms with E-state index in [9.17, 15) is 4.79 Å². The molecule has 186 valence electrons. The van der Waals surface area contributed by atoms with E-state index in [1.165, 1.54) is 50.5 Å². The van der Waals surface area contributed by atoms with Gasteiger partial charge in [-0.3, -0.25) is 4.79 Å². The Morgan fingerprint density at radius 3 is 2.46 bits per heavy atom. The molecule has 6 rings (SSSR count). The molecule has 4 fully saturated rings. The topological polar surface area (TPSA) is 93.6 Å². The highest BCUT2D eigenvalue weighted by atomic mass is 32.2. The molecule has 2 saturated carbocycles. The van der Waals surface area contributed by atoms with Crippen molar-refractivity contribution >= 4 is 41.0 Å². The van der Waals surface area contributed by atoms with Crippen LogP contribution in [0.3, 0.4) is 0 Å². The van der Waals surface area contributed by atoms with Crippen LogP contribution in [0.25, 0.3) is 0 Å². The third-order valence-corrected chi connectivity index (χ3v) is 8.89. The smallest absolute Gasteiger partial charge is 0.258 e. The third-order valence-electron chi connectivity index (χ3n) is 8.12. The molecule has 35 heavy (non-hydrogen) atoms. The van der Waals surface area contributed by atoms with Gasteiger partial charge in [0.2, 0.25) is 5.95 Å². The lowest BCUT2D eigenvalue weighted by molar-refractivity contribution is 0.102. The number of anilines is 4. The first-order chi connectivity index (χ1) is 17.0. The number of aliphatic hydroxyl groups excluding tert-OH is 1. The van der Waals surface area contributed by atoms with E-state index >= 15 is 0 Å². The number of nitrogens with one attached hydrogen (secondary N) is 2. The van der Waals surface area contributed by atoms with E-state index in [-0.39, 0.29) is 12.5 Å². The minimum absolute atomic E-state index is 0.123. The van der Waals surface area contributed by atoms with E-state index in [0.717, 1.165) is 43.2 Å². The summed E-state index contributed by atoms with van der Waals surface area (Å²) in [6, 6.07) is 7.74. The zero-order chi connectivity index (χ0) is 24.0. The average molecular weight is 495 g/mol. The standard InChI is InChI=1S/C26H34N6O2S/c1-18-14-22(29-24(27-18)32-16-26(17-32)6-7-26)28-23(34)20-3-2-19(30-35-13-12-33)15-21(20)31-10-8-25(4-5-25)9-11-31/h2-3,14-15,30,33H,4-13,16-17H2,1H3,(H,27,28,29,34). The summed E-state index contributed by atoms with van der Waals surface area (Å²) in [5.74, 6) is 1.73. The van der Waals surface area contributed by atoms with Gasteiger partial charge < -0.3 is 24.9 Å². The van der Waals surface area contributed by atoms with Crippen LogP contribution in [-0.4, -0.2) is 59.5 Å². The molecule has 3 N–H and O–H groups in total. The largest absolute Gasteiger partial charge is 0.395 e. The van der Waals surface area contributed by atoms with E-state index in [0.29, 0.717) is 33.9 Å². The Morgan fingerprint density at radius 2 is 1.77 bits per heavy atom. The second kappa shape index (κ2) is 8.85. The Morgan fingerprint density at radius 1 is 1.03 bits per heavy atom. The molecule has 0 bridgehead atoms. The average Bonchev–Trinajstić information content (AvgIpc) is 3.75. The minimum atomic E-state index is -0.146. The van der Waals surface area contributed by atoms with Gasteiger partial charge in [-0.1, -0.05) is 11.9 Å². The third kappa shape index (κ3) is 4.80. The number of amides is 1. The summed E-state index contributed by atoms with van der Waals surface area (Å²) in [4.78, 5) is 27.4. The second-order valence-electron chi connectivity index (χ2n) is 10.9. The number of carbonyl (C=O) groups is 1. The Hall–Kier alpha value is -2.52. The van der Waals surface area contributed by atoms with Crippen LogP contribution in [0.4, 0.5) is 23.1 Å². The summed E-state index contributed by atoms with van der Waals surface area (Å²) in [5, 5.41) is 12.2. The van der Waals surface area contributed by atoms with E-state index in [1.54, 1.807) is 0 Å². The van der Waals surface area contributed by atoms with Crippen LogP contribution >= 0.6 is 11.9 Å². The Labute approximate surface area is 211 Å². The predicted octanol–water partition coefficient (Wildman–Crippen LogP) is 4.07. The van der Waals surface area contributed by atoms with Crippen molar-refractivity contribution in [2.24, 2.45) is 10.8 Å². The lowest BCUT2D eigenvalue weighted by Crippen LogP contribution is -2.49. The van der Waals surface area contributed by atoms with E-state index in [2.05, 4.69) is 35.9 Å². The molecule has 8 nitrogen and oxygen atoms in total. The Kier molecular flexibility index (Phi) is 5.79. The van der Waals surface area contributed by atoms with Gasteiger partial charge in [0.15, 0.2) is 0 Å². The number of benzene rings is 1. The molecule has 2 spiro atoms. The van der Waals surface area contributed by atoms with Gasteiger partial charge in [0.25, 0.3) is 5.91 Å². The van der Waals surface area contributed by atoms with Gasteiger partial charge in [-0.25, -0.2) is 4.98 Å². The van der Waals surface area contributed by atoms with Crippen LogP contribution in [0, 0.1) is 17.8 Å². The van der Waals surface area contributed by atoms with E-state index in [4.69, 9.17) is 5.11 Å². The molecule has 9 heteroatoms. The van der Waals surface area contributed by atoms with Crippen molar-refractivity contribution in [2.75, 3.05) is 58.4 Å². The summed E-state index contributed by atoms with van der Waals surface area (Å²) in [7, 11) is 0. The lowest BCUT2D eigenvalue weighted by atomic mass is 9.93. The van der Waals surface area contributed by atoms with Crippen molar-refractivity contribution in [2.45, 2.75) is 45.4 Å². The van der Waals surface area contributed by atoms with Gasteiger partial charge in [0, 0.05) is 54.8 Å². The number of carbonyl (C=O) groups excluding carboxylic acids is 1. The first-order valence-corrected chi connectivity index (χ1v) is 13.7. The fourth-order valence-electron chi connectivity index (χ4n) is 5.47. The molecule has 0 radical (unpaired) electrons. The zero-order valence-corrected chi connectivity index (χ0v) is 21.2. The zero-order valence-electron chi connectivity index (χ0n) is 20.3. The van der Waals surface area contributed by atoms with Crippen molar-refractivity contribution in [1.82, 2.24) is 9.97 Å². The normalized spacial score (nSPS) is 21.1. The van der Waals surface area contributed by atoms with E-state index in [1.807, 2.05) is 25.1 Å². The Balaban J connectivity index is 1.21. The molecule has 2 aliphatic heterocycles. The molecule has 2 aromatic rings. The number of rotatable bonds is 8. The molecule has 2 saturated heterocycles. The van der Waals surface area contributed by atoms with E-state index < -0.39 is 0 Å². The van der Waals surface area contributed by atoms with Gasteiger partial charge in [-0.2, -0.15) is 4.98 Å². The summed E-state index contributed by atoms with van der Waals surface area (Å²) < 4.78 is 3.29. The monoisotopic (exact) mass is 494 g/mol. The molecule has 3 heterocycles. The number of aryl methyl sites for hydroxylation is 1. The first kappa shape index (κ1) is 22.9. The number of hydrogen-bond acceptors (Lipinski definition) is 8. The molecular weight excluding hydrogens is 460 g/mol. The predicted molar refractivity (Wildman–Crippen MR) is 141 cm³/mol. The quantitative estimate of drug-likeness (QED) is 0.374. The van der Waals surface area contributed by atoms with Crippen LogP contribution in [-0.2, 0) is 0 Å². The molecule has 1 aromatic heterocycles. The second-order valence-corrected chi connectivity index (χ2v) is 11.8. The maximum absolute atomic E-state index is 13.5. The number of nitrogens with zero attached hydrogens (tertiary/aromatic N) is 4. The SMILES string of the molecule is Cc1cc(NC(=O)c2ccc(NSCCO)cc2N2CCC3(CC2)CC3)nc(N2CC3(CC3)C2)n1. The van der Waals surface area contributed by atoms with Crippen LogP contribution in [0.15, 0.2) is 24.3 Å². The number of piperidine rings is 1. The maximum atomic E-state index is 13.5. The highest BCUT2D eigenvalue weighted by molar-refractivity contribution is 8.00. The van der Waals surface area contributed by atoms with Gasteiger partial charge in [-0.05, 0) is 69.1 Å². The van der Waals surface area contributed by atoms with Crippen molar-refractivity contribution in [3.05, 3.63) is 35.5 Å². The molecule has 0 unspecified atom stereocenters. The summed E-state index contributed by atoms with van der Waals surface area (Å²) in [6.45, 7) is 6.06. The Bertz CT molecular complexity index is 1110. The lowest BCUT2D eigenvalue weighted by Gasteiger charge is -2.40. The molecule has 2 aliphatic carbocycles. The van der Waals surface area contributed by atoms with Gasteiger partial charge >= 0.3 is 0 Å². The fourth-order valence-corrected chi connectivity index (χ4v) is 5.95. The van der Waals surface area contributed by atoms with Crippen molar-refractivity contribution < 1.29 is 9.90 Å². The maximum Gasteiger partial charge on any atom is 0.258 e. The van der Waals surface area contributed by atoms with Gasteiger partial charge in [0.05, 0.1) is 17.9 Å². The summed E-state index contributed by atoms with van der Waals surface area (Å²) in [5.41, 5.74) is 4.49. The summed E-state index contributed by atoms with van der Waals surface area (Å²) >= 11 is 1.47. The van der Waals surface area contributed by atoms with Crippen molar-refractivity contribution in [3.63, 3.8) is 0 Å². The van der Waals surface area contributed by atoms with Crippen LogP contribution < -0.4 is 19.8 Å². The minimum Gasteiger partial charge on any atom is -0.395 e. The molecule has 0 atom stereocenters.